The first kappa shape index (κ1) is 32.6. The second-order valence-electron chi connectivity index (χ2n) is 12.3. The fraction of sp³-hybridized carbons (Fsp3) is 0.441. The highest BCUT2D eigenvalue weighted by molar-refractivity contribution is 7.87. The van der Waals surface area contributed by atoms with Gasteiger partial charge in [-0.2, -0.15) is 8.42 Å². The number of carbonyl (C=O) groups is 1. The van der Waals surface area contributed by atoms with E-state index in [1.807, 2.05) is 32.9 Å². The maximum absolute atomic E-state index is 14.1. The molecule has 2 aliphatic rings. The van der Waals surface area contributed by atoms with E-state index in [2.05, 4.69) is 10.2 Å². The molecule has 1 amide bonds. The summed E-state index contributed by atoms with van der Waals surface area (Å²) in [6.45, 7) is 8.24. The van der Waals surface area contributed by atoms with Gasteiger partial charge in [0.1, 0.15) is 35.2 Å². The van der Waals surface area contributed by atoms with E-state index in [-0.39, 0.29) is 24.0 Å². The van der Waals surface area contributed by atoms with Crippen molar-refractivity contribution >= 4 is 27.4 Å². The third-order valence-electron chi connectivity index (χ3n) is 8.43. The van der Waals surface area contributed by atoms with E-state index in [0.717, 1.165) is 43.7 Å². The van der Waals surface area contributed by atoms with Gasteiger partial charge in [0.25, 0.3) is 5.91 Å². The van der Waals surface area contributed by atoms with E-state index >= 15 is 0 Å². The van der Waals surface area contributed by atoms with Crippen LogP contribution in [0, 0.1) is 12.7 Å². The maximum atomic E-state index is 14.1. The van der Waals surface area contributed by atoms with Crippen molar-refractivity contribution in [1.29, 1.82) is 0 Å². The summed E-state index contributed by atoms with van der Waals surface area (Å²) in [5.41, 5.74) is 3.35. The van der Waals surface area contributed by atoms with Gasteiger partial charge in [-0.3, -0.25) is 4.79 Å². The van der Waals surface area contributed by atoms with Crippen LogP contribution >= 0.6 is 0 Å². The van der Waals surface area contributed by atoms with Crippen LogP contribution in [0.5, 0.6) is 17.2 Å². The van der Waals surface area contributed by atoms with Crippen molar-refractivity contribution in [2.75, 3.05) is 49.8 Å². The third-order valence-corrected chi connectivity index (χ3v) is 9.67. The van der Waals surface area contributed by atoms with Crippen LogP contribution in [0.15, 0.2) is 48.5 Å². The SMILES string of the molecule is COc1cc(OS(=O)(=O)CCCN2CCCCC2)ccc1-c1ccc2c(c1COc1cc(F)ccc1C)N(C)C(=O)C(C)(C)N2. The predicted molar refractivity (Wildman–Crippen MR) is 174 cm³/mol. The summed E-state index contributed by atoms with van der Waals surface area (Å²) in [5.74, 6) is 0.297. The molecular formula is C34H42FN3O6S. The lowest BCUT2D eigenvalue weighted by Gasteiger charge is -2.39. The number of methoxy groups -OCH3 is 1. The molecule has 2 aliphatic heterocycles. The number of piperidine rings is 1. The number of likely N-dealkylation sites (tertiary alicyclic amines) is 1. The monoisotopic (exact) mass is 639 g/mol. The lowest BCUT2D eigenvalue weighted by Crippen LogP contribution is -2.52. The van der Waals surface area contributed by atoms with Gasteiger partial charge in [0, 0.05) is 30.3 Å². The van der Waals surface area contributed by atoms with E-state index in [0.29, 0.717) is 40.3 Å². The molecule has 0 saturated carbocycles. The molecule has 1 N–H and O–H groups in total. The Hall–Kier alpha value is -3.83. The molecule has 0 aliphatic carbocycles. The molecule has 0 radical (unpaired) electrons. The Morgan fingerprint density at radius 1 is 0.978 bits per heavy atom. The van der Waals surface area contributed by atoms with Gasteiger partial charge in [0.15, 0.2) is 0 Å². The first-order valence-corrected chi connectivity index (χ1v) is 16.9. The number of halogens is 1. The molecule has 0 spiro atoms. The van der Waals surface area contributed by atoms with Gasteiger partial charge < -0.3 is 28.8 Å². The van der Waals surface area contributed by atoms with Crippen LogP contribution in [0.2, 0.25) is 0 Å². The number of rotatable bonds is 11. The topological polar surface area (TPSA) is 97.4 Å². The highest BCUT2D eigenvalue weighted by atomic mass is 32.2. The minimum absolute atomic E-state index is 0.0231. The van der Waals surface area contributed by atoms with Crippen molar-refractivity contribution in [3.63, 3.8) is 0 Å². The molecule has 3 aromatic rings. The van der Waals surface area contributed by atoms with E-state index in [1.165, 1.54) is 25.7 Å². The summed E-state index contributed by atoms with van der Waals surface area (Å²) in [4.78, 5) is 17.2. The molecule has 0 unspecified atom stereocenters. The standard InChI is InChI=1S/C34H42FN3O6S/c1-23-10-11-24(35)20-30(23)43-22-28-26(14-15-29-32(28)37(4)33(39)34(2,3)36-29)27-13-12-25(21-31(27)42-5)44-45(40,41)19-9-18-38-16-7-6-8-17-38/h10-15,20-21,36H,6-9,16-19,22H2,1-5H3. The minimum atomic E-state index is -3.81. The zero-order valence-corrected chi connectivity index (χ0v) is 27.4. The number of hydrogen-bond acceptors (Lipinski definition) is 8. The van der Waals surface area contributed by atoms with Crippen LogP contribution in [0.1, 0.15) is 50.7 Å². The summed E-state index contributed by atoms with van der Waals surface area (Å²) in [6, 6.07) is 13.0. The molecule has 0 aromatic heterocycles. The van der Waals surface area contributed by atoms with E-state index in [9.17, 15) is 17.6 Å². The normalized spacial score (nSPS) is 16.6. The summed E-state index contributed by atoms with van der Waals surface area (Å²) in [5, 5.41) is 3.33. The van der Waals surface area contributed by atoms with Gasteiger partial charge in [0.2, 0.25) is 0 Å². The first-order chi connectivity index (χ1) is 21.4. The zero-order chi connectivity index (χ0) is 32.4. The average molecular weight is 640 g/mol. The van der Waals surface area contributed by atoms with Crippen LogP contribution in [-0.2, 0) is 21.5 Å². The van der Waals surface area contributed by atoms with E-state index in [1.54, 1.807) is 36.2 Å². The molecule has 9 nitrogen and oxygen atoms in total. The van der Waals surface area contributed by atoms with E-state index < -0.39 is 21.5 Å². The molecule has 242 valence electrons. The van der Waals surface area contributed by atoms with Crippen molar-refractivity contribution in [3.05, 3.63) is 65.5 Å². The smallest absolute Gasteiger partial charge is 0.309 e. The Bertz CT molecular complexity index is 1670. The zero-order valence-electron chi connectivity index (χ0n) is 26.6. The summed E-state index contributed by atoms with van der Waals surface area (Å²) in [6.07, 6.45) is 4.03. The van der Waals surface area contributed by atoms with Crippen molar-refractivity contribution in [2.24, 2.45) is 0 Å². The number of fused-ring (bicyclic) bond motifs is 1. The van der Waals surface area contributed by atoms with Gasteiger partial charge >= 0.3 is 10.1 Å². The lowest BCUT2D eigenvalue weighted by molar-refractivity contribution is -0.121. The Morgan fingerprint density at radius 3 is 2.44 bits per heavy atom. The van der Waals surface area contributed by atoms with Crippen molar-refractivity contribution in [3.8, 4) is 28.4 Å². The maximum Gasteiger partial charge on any atom is 0.309 e. The molecule has 0 atom stereocenters. The number of ether oxygens (including phenoxy) is 2. The Balaban J connectivity index is 1.46. The third kappa shape index (κ3) is 7.36. The van der Waals surface area contributed by atoms with Crippen molar-refractivity contribution in [2.45, 2.75) is 58.6 Å². The lowest BCUT2D eigenvalue weighted by atomic mass is 9.91. The first-order valence-electron chi connectivity index (χ1n) is 15.3. The molecule has 45 heavy (non-hydrogen) atoms. The molecule has 2 heterocycles. The molecule has 0 bridgehead atoms. The van der Waals surface area contributed by atoms with Gasteiger partial charge in [-0.15, -0.1) is 0 Å². The Kier molecular flexibility index (Phi) is 9.60. The van der Waals surface area contributed by atoms with Gasteiger partial charge in [-0.1, -0.05) is 18.6 Å². The summed E-state index contributed by atoms with van der Waals surface area (Å²) in [7, 11) is -0.598. The average Bonchev–Trinajstić information content (AvgIpc) is 3.00. The van der Waals surface area contributed by atoms with Crippen LogP contribution in [0.4, 0.5) is 15.8 Å². The van der Waals surface area contributed by atoms with Crippen LogP contribution in [0.3, 0.4) is 0 Å². The van der Waals surface area contributed by atoms with Crippen LogP contribution < -0.4 is 23.9 Å². The molecule has 11 heteroatoms. The number of carbonyl (C=O) groups excluding carboxylic acids is 1. The number of anilines is 2. The summed E-state index contributed by atoms with van der Waals surface area (Å²) < 4.78 is 57.1. The summed E-state index contributed by atoms with van der Waals surface area (Å²) >= 11 is 0. The van der Waals surface area contributed by atoms with Gasteiger partial charge in [0.05, 0.1) is 24.2 Å². The van der Waals surface area contributed by atoms with Gasteiger partial charge in [-0.25, -0.2) is 4.39 Å². The molecule has 1 fully saturated rings. The number of benzene rings is 3. The number of amides is 1. The fourth-order valence-corrected chi connectivity index (χ4v) is 7.05. The second-order valence-corrected chi connectivity index (χ2v) is 14.0. The largest absolute Gasteiger partial charge is 0.496 e. The number of nitrogens with one attached hydrogen (secondary N) is 1. The van der Waals surface area contributed by atoms with Crippen molar-refractivity contribution < 1.29 is 31.3 Å². The number of likely N-dealkylation sites (N-methyl/N-ethyl adjacent to an activating group) is 1. The van der Waals surface area contributed by atoms with E-state index in [4.69, 9.17) is 13.7 Å². The molecule has 5 rings (SSSR count). The second kappa shape index (κ2) is 13.3. The van der Waals surface area contributed by atoms with Crippen LogP contribution in [0.25, 0.3) is 11.1 Å². The number of hydrogen-bond donors (Lipinski definition) is 1. The number of nitrogens with zero attached hydrogens (tertiary/aromatic N) is 2. The predicted octanol–water partition coefficient (Wildman–Crippen LogP) is 6.14. The van der Waals surface area contributed by atoms with Gasteiger partial charge in [-0.05, 0) is 95.1 Å². The van der Waals surface area contributed by atoms with Crippen LogP contribution in [-0.4, -0.2) is 64.3 Å². The molecule has 1 saturated heterocycles. The molecular weight excluding hydrogens is 597 g/mol. The number of aryl methyl sites for hydroxylation is 1. The Morgan fingerprint density at radius 2 is 1.71 bits per heavy atom. The molecule has 3 aromatic carbocycles. The van der Waals surface area contributed by atoms with Crippen molar-refractivity contribution in [1.82, 2.24) is 4.90 Å². The highest BCUT2D eigenvalue weighted by Gasteiger charge is 2.39. The fourth-order valence-electron chi connectivity index (χ4n) is 6.09. The quantitative estimate of drug-likeness (QED) is 0.250. The minimum Gasteiger partial charge on any atom is -0.496 e. The highest BCUT2D eigenvalue weighted by Crippen LogP contribution is 2.45. The Labute approximate surface area is 265 Å².